The molecular formula is C23H20ClN5O2. The molecule has 0 unspecified atom stereocenters. The van der Waals surface area contributed by atoms with Crippen LogP contribution in [0.3, 0.4) is 0 Å². The van der Waals surface area contributed by atoms with Gasteiger partial charge in [-0.1, -0.05) is 43.6 Å². The minimum atomic E-state index is -0.272. The zero-order valence-electron chi connectivity index (χ0n) is 17.0. The molecule has 156 valence electrons. The minimum Gasteiger partial charge on any atom is -0.322 e. The molecule has 0 spiro atoms. The number of aromatic amines is 1. The summed E-state index contributed by atoms with van der Waals surface area (Å²) in [4.78, 5) is 24.3. The molecule has 4 aromatic rings. The molecule has 0 aliphatic heterocycles. The molecule has 0 saturated carbocycles. The Kier molecular flexibility index (Phi) is 5.68. The van der Waals surface area contributed by atoms with Gasteiger partial charge in [-0.2, -0.15) is 10.2 Å². The summed E-state index contributed by atoms with van der Waals surface area (Å²) in [7, 11) is 0. The SMILES string of the molecule is CC(C)c1c(C(=O)Nc2cccc(-c3ccc(=O)[nH]n3)c2)cnn1-c1cccc(Cl)c1. The summed E-state index contributed by atoms with van der Waals surface area (Å²) < 4.78 is 1.74. The molecule has 2 N–H and O–H groups in total. The zero-order valence-corrected chi connectivity index (χ0v) is 17.7. The first kappa shape index (κ1) is 20.6. The number of nitrogens with zero attached hydrogens (tertiary/aromatic N) is 3. The number of benzene rings is 2. The molecule has 2 heterocycles. The van der Waals surface area contributed by atoms with Crippen molar-refractivity contribution in [2.45, 2.75) is 19.8 Å². The van der Waals surface area contributed by atoms with Crippen molar-refractivity contribution >= 4 is 23.2 Å². The van der Waals surface area contributed by atoms with Gasteiger partial charge in [0.05, 0.1) is 28.8 Å². The summed E-state index contributed by atoms with van der Waals surface area (Å²) in [5.74, 6) is -0.206. The fourth-order valence-electron chi connectivity index (χ4n) is 3.36. The van der Waals surface area contributed by atoms with Gasteiger partial charge in [0.25, 0.3) is 11.5 Å². The molecule has 1 amide bonds. The molecule has 0 aliphatic rings. The zero-order chi connectivity index (χ0) is 22.0. The van der Waals surface area contributed by atoms with Gasteiger partial charge in [0.15, 0.2) is 0 Å². The number of aromatic nitrogens is 4. The van der Waals surface area contributed by atoms with Crippen molar-refractivity contribution in [3.63, 3.8) is 0 Å². The fraction of sp³-hybridized carbons (Fsp3) is 0.130. The van der Waals surface area contributed by atoms with Crippen molar-refractivity contribution in [3.8, 4) is 16.9 Å². The molecule has 2 aromatic carbocycles. The molecule has 2 aromatic heterocycles. The number of carbonyl (C=O) groups excluding carboxylic acids is 1. The first-order valence-corrected chi connectivity index (χ1v) is 10.1. The summed E-state index contributed by atoms with van der Waals surface area (Å²) in [6.07, 6.45) is 1.57. The van der Waals surface area contributed by atoms with Crippen LogP contribution in [0.4, 0.5) is 5.69 Å². The Hall–Kier alpha value is -3.71. The Bertz CT molecular complexity index is 1290. The van der Waals surface area contributed by atoms with Gasteiger partial charge >= 0.3 is 0 Å². The lowest BCUT2D eigenvalue weighted by Crippen LogP contribution is -2.15. The quantitative estimate of drug-likeness (QED) is 0.479. The number of nitrogens with one attached hydrogen (secondary N) is 2. The summed E-state index contributed by atoms with van der Waals surface area (Å²) in [6, 6.07) is 17.7. The smallest absolute Gasteiger partial charge is 0.264 e. The highest BCUT2D eigenvalue weighted by Crippen LogP contribution is 2.26. The Morgan fingerprint density at radius 2 is 1.90 bits per heavy atom. The Labute approximate surface area is 183 Å². The van der Waals surface area contributed by atoms with E-state index in [0.717, 1.165) is 16.9 Å². The van der Waals surface area contributed by atoms with E-state index in [0.29, 0.717) is 22.0 Å². The fourth-order valence-corrected chi connectivity index (χ4v) is 3.55. The van der Waals surface area contributed by atoms with E-state index >= 15 is 0 Å². The number of hydrogen-bond donors (Lipinski definition) is 2. The second-order valence-corrected chi connectivity index (χ2v) is 7.77. The van der Waals surface area contributed by atoms with Gasteiger partial charge in [-0.15, -0.1) is 0 Å². The first-order chi connectivity index (χ1) is 14.9. The van der Waals surface area contributed by atoms with E-state index in [1.807, 2.05) is 44.2 Å². The van der Waals surface area contributed by atoms with Crippen molar-refractivity contribution < 1.29 is 4.79 Å². The van der Waals surface area contributed by atoms with Gasteiger partial charge < -0.3 is 5.32 Å². The van der Waals surface area contributed by atoms with Gasteiger partial charge in [0.1, 0.15) is 0 Å². The van der Waals surface area contributed by atoms with Crippen molar-refractivity contribution in [1.29, 1.82) is 0 Å². The molecule has 0 fully saturated rings. The van der Waals surface area contributed by atoms with Crippen LogP contribution in [0.5, 0.6) is 0 Å². The number of H-pyrrole nitrogens is 1. The highest BCUT2D eigenvalue weighted by Gasteiger charge is 2.21. The summed E-state index contributed by atoms with van der Waals surface area (Å²) in [5, 5.41) is 14.4. The number of amides is 1. The maximum absolute atomic E-state index is 13.1. The number of hydrogen-bond acceptors (Lipinski definition) is 4. The monoisotopic (exact) mass is 433 g/mol. The Balaban J connectivity index is 1.64. The summed E-state index contributed by atoms with van der Waals surface area (Å²) in [5.41, 5.74) is 3.79. The molecule has 4 rings (SSSR count). The topological polar surface area (TPSA) is 92.7 Å². The van der Waals surface area contributed by atoms with Gasteiger partial charge in [0.2, 0.25) is 0 Å². The van der Waals surface area contributed by atoms with E-state index in [1.54, 1.807) is 35.1 Å². The van der Waals surface area contributed by atoms with E-state index in [9.17, 15) is 9.59 Å². The third-order valence-corrected chi connectivity index (χ3v) is 4.98. The predicted octanol–water partition coefficient (Wildman–Crippen LogP) is 4.65. The minimum absolute atomic E-state index is 0.0545. The average Bonchev–Trinajstić information content (AvgIpc) is 3.20. The number of rotatable bonds is 5. The van der Waals surface area contributed by atoms with Crippen LogP contribution >= 0.6 is 11.6 Å². The van der Waals surface area contributed by atoms with Gasteiger partial charge in [0, 0.05) is 22.3 Å². The largest absolute Gasteiger partial charge is 0.322 e. The lowest BCUT2D eigenvalue weighted by Gasteiger charge is -2.13. The van der Waals surface area contributed by atoms with Crippen molar-refractivity contribution in [2.75, 3.05) is 5.32 Å². The van der Waals surface area contributed by atoms with E-state index in [-0.39, 0.29) is 17.4 Å². The number of carbonyl (C=O) groups is 1. The van der Waals surface area contributed by atoms with Crippen molar-refractivity contribution in [3.05, 3.63) is 93.5 Å². The summed E-state index contributed by atoms with van der Waals surface area (Å²) >= 11 is 6.13. The molecule has 0 saturated heterocycles. The van der Waals surface area contributed by atoms with Gasteiger partial charge in [-0.05, 0) is 42.3 Å². The van der Waals surface area contributed by atoms with E-state index in [2.05, 4.69) is 20.6 Å². The second kappa shape index (κ2) is 8.57. The van der Waals surface area contributed by atoms with Crippen LogP contribution in [-0.4, -0.2) is 25.9 Å². The number of halogens is 1. The van der Waals surface area contributed by atoms with Crippen LogP contribution in [0, 0.1) is 0 Å². The second-order valence-electron chi connectivity index (χ2n) is 7.33. The highest BCUT2D eigenvalue weighted by atomic mass is 35.5. The first-order valence-electron chi connectivity index (χ1n) is 9.74. The van der Waals surface area contributed by atoms with Crippen molar-refractivity contribution in [2.24, 2.45) is 0 Å². The molecule has 0 atom stereocenters. The van der Waals surface area contributed by atoms with Crippen LogP contribution in [0.1, 0.15) is 35.8 Å². The average molecular weight is 434 g/mol. The maximum atomic E-state index is 13.1. The van der Waals surface area contributed by atoms with E-state index in [1.165, 1.54) is 6.07 Å². The molecule has 0 radical (unpaired) electrons. The lowest BCUT2D eigenvalue weighted by atomic mass is 10.0. The molecule has 0 aliphatic carbocycles. The molecule has 0 bridgehead atoms. The summed E-state index contributed by atoms with van der Waals surface area (Å²) in [6.45, 7) is 4.02. The molecular weight excluding hydrogens is 414 g/mol. The number of anilines is 1. The highest BCUT2D eigenvalue weighted by molar-refractivity contribution is 6.30. The third-order valence-electron chi connectivity index (χ3n) is 4.75. The normalized spacial score (nSPS) is 11.0. The van der Waals surface area contributed by atoms with Crippen LogP contribution in [0.25, 0.3) is 16.9 Å². The van der Waals surface area contributed by atoms with Crippen LogP contribution in [0.2, 0.25) is 5.02 Å². The Morgan fingerprint density at radius 3 is 2.61 bits per heavy atom. The lowest BCUT2D eigenvalue weighted by molar-refractivity contribution is 0.102. The molecule has 31 heavy (non-hydrogen) atoms. The Morgan fingerprint density at radius 1 is 1.10 bits per heavy atom. The van der Waals surface area contributed by atoms with Gasteiger partial charge in [-0.25, -0.2) is 9.78 Å². The molecule has 7 nitrogen and oxygen atoms in total. The van der Waals surface area contributed by atoms with Crippen LogP contribution in [0.15, 0.2) is 71.7 Å². The maximum Gasteiger partial charge on any atom is 0.264 e. The standard InChI is InChI=1S/C23H20ClN5O2/c1-14(2)22-19(13-25-29(22)18-8-4-6-16(24)12-18)23(31)26-17-7-3-5-15(11-17)20-9-10-21(30)28-27-20/h3-14H,1-2H3,(H,26,31)(H,28,30). The van der Waals surface area contributed by atoms with Gasteiger partial charge in [-0.3, -0.25) is 9.59 Å². The van der Waals surface area contributed by atoms with Crippen molar-refractivity contribution in [1.82, 2.24) is 20.0 Å². The molecule has 8 heteroatoms. The third kappa shape index (κ3) is 4.41. The van der Waals surface area contributed by atoms with Crippen LogP contribution in [-0.2, 0) is 0 Å². The predicted molar refractivity (Wildman–Crippen MR) is 121 cm³/mol. The van der Waals surface area contributed by atoms with Crippen LogP contribution < -0.4 is 10.9 Å². The van der Waals surface area contributed by atoms with E-state index < -0.39 is 0 Å². The van der Waals surface area contributed by atoms with E-state index in [4.69, 9.17) is 11.6 Å².